The summed E-state index contributed by atoms with van der Waals surface area (Å²) in [7, 11) is -20.0. The van der Waals surface area contributed by atoms with Gasteiger partial charge in [0.15, 0.2) is 41.4 Å². The van der Waals surface area contributed by atoms with Crippen molar-refractivity contribution >= 4 is 82.5 Å². The van der Waals surface area contributed by atoms with Crippen molar-refractivity contribution in [3.05, 3.63) is 46.0 Å². The quantitative estimate of drug-likeness (QED) is 0.0256. The van der Waals surface area contributed by atoms with Crippen LogP contribution >= 0.6 is 31.3 Å². The molecule has 0 amide bonds. The Hall–Kier alpha value is -5.15. The number of hydrogen-bond donors (Lipinski definition) is 11. The minimum absolute atomic E-state index is 0. The number of methoxy groups -OCH3 is 2. The van der Waals surface area contributed by atoms with Crippen molar-refractivity contribution < 1.29 is 108 Å². The van der Waals surface area contributed by atoms with Crippen LogP contribution in [-0.2, 0) is 75.7 Å². The molecule has 6 aromatic heterocycles. The predicted molar refractivity (Wildman–Crippen MR) is 248 cm³/mol. The lowest BCUT2D eigenvalue weighted by molar-refractivity contribution is -0.745. The van der Waals surface area contributed by atoms with E-state index in [-0.39, 0.29) is 58.6 Å². The van der Waals surface area contributed by atoms with Crippen molar-refractivity contribution in [2.45, 2.75) is 81.0 Å². The van der Waals surface area contributed by atoms with Gasteiger partial charge in [-0.05, 0) is 0 Å². The Morgan fingerprint density at radius 2 is 1.27 bits per heavy atom. The number of hydrogen-bond acceptors (Lipinski definition) is 30. The highest BCUT2D eigenvalue weighted by Gasteiger charge is 2.53. The molecule has 0 saturated carbocycles. The van der Waals surface area contributed by atoms with Crippen molar-refractivity contribution in [3.8, 4) is 0 Å². The molecule has 9 rings (SSSR count). The number of nitrogen functional groups attached to an aromatic ring is 3. The van der Waals surface area contributed by atoms with E-state index in [1.807, 2.05) is 0 Å². The number of ether oxygens (including phenoxy) is 5. The number of nitrogens with zero attached hydrogens (tertiary/aromatic N) is 10. The number of aromatic nitrogens is 12. The number of nitrogens with two attached hydrogens (primary N) is 3. The van der Waals surface area contributed by atoms with Crippen LogP contribution in [0.2, 0.25) is 0 Å². The Labute approximate surface area is 428 Å². The van der Waals surface area contributed by atoms with Crippen LogP contribution in [0.5, 0.6) is 0 Å². The molecule has 7 unspecified atom stereocenters. The van der Waals surface area contributed by atoms with Gasteiger partial charge in [-0.25, -0.2) is 38.2 Å². The maximum atomic E-state index is 13.6. The highest BCUT2D eigenvalue weighted by atomic mass is 31.3. The number of aryl methyl sites for hydroxylation is 1. The van der Waals surface area contributed by atoms with Gasteiger partial charge in [0, 0.05) is 14.2 Å². The Balaban J connectivity index is 0.00000784. The molecule has 3 aliphatic rings. The fourth-order valence-corrected chi connectivity index (χ4v) is 13.0. The smallest absolute Gasteiger partial charge is 0.490 e. The third-order valence-corrected chi connectivity index (χ3v) is 17.0. The van der Waals surface area contributed by atoms with E-state index >= 15 is 0 Å². The van der Waals surface area contributed by atoms with Crippen LogP contribution in [0.1, 0.15) is 26.1 Å². The van der Waals surface area contributed by atoms with Gasteiger partial charge in [-0.1, -0.05) is 12.4 Å². The number of phosphoric acid groups is 4. The van der Waals surface area contributed by atoms with Gasteiger partial charge in [0.05, 0.1) is 39.5 Å². The fourth-order valence-electron chi connectivity index (χ4n) is 8.56. The molecule has 14 N–H and O–H groups in total. The van der Waals surface area contributed by atoms with E-state index in [1.54, 1.807) is 0 Å². The summed E-state index contributed by atoms with van der Waals surface area (Å²) < 4.78 is 115. The second-order valence-electron chi connectivity index (χ2n) is 16.7. The number of aliphatic hydroxyl groups is 3. The first-order valence-corrected chi connectivity index (χ1v) is 27.5. The van der Waals surface area contributed by atoms with Gasteiger partial charge in [0.1, 0.15) is 66.8 Å². The molecule has 9 heterocycles. The van der Waals surface area contributed by atoms with E-state index in [4.69, 9.17) is 59.0 Å². The second-order valence-corrected chi connectivity index (χ2v) is 22.7. The summed E-state index contributed by atoms with van der Waals surface area (Å²) in [5.74, 6) is -0.692. The minimum atomic E-state index is -6.19. The summed E-state index contributed by atoms with van der Waals surface area (Å²) in [6, 6.07) is 0. The number of fused-ring (bicyclic) bond motifs is 3. The van der Waals surface area contributed by atoms with Gasteiger partial charge < -0.3 is 84.8 Å². The first-order chi connectivity index (χ1) is 35.7. The molecule has 77 heavy (non-hydrogen) atoms. The number of H-pyrrole nitrogens is 2. The van der Waals surface area contributed by atoms with Crippen LogP contribution < -0.4 is 37.8 Å². The largest absolute Gasteiger partial charge is 0.756 e. The molecule has 0 aliphatic carbocycles. The van der Waals surface area contributed by atoms with Gasteiger partial charge >= 0.3 is 29.1 Å². The summed E-state index contributed by atoms with van der Waals surface area (Å²) in [6.45, 7) is -3.34. The lowest BCUT2D eigenvalue weighted by atomic mass is 10.1. The average Bonchev–Trinajstić information content (AvgIpc) is 4.18. The lowest BCUT2D eigenvalue weighted by Crippen LogP contribution is -2.46. The summed E-state index contributed by atoms with van der Waals surface area (Å²) in [5.41, 5.74) is 15.6. The number of nitrogens with one attached hydrogen (secondary N) is 2. The zero-order chi connectivity index (χ0) is 55.0. The molecule has 6 aromatic rings. The van der Waals surface area contributed by atoms with E-state index < -0.39 is 136 Å². The Morgan fingerprint density at radius 3 is 1.92 bits per heavy atom. The fraction of sp³-hybridized carbons (Fsp3) is 0.559. The van der Waals surface area contributed by atoms with Crippen LogP contribution in [0.15, 0.2) is 34.9 Å². The van der Waals surface area contributed by atoms with Crippen molar-refractivity contribution in [3.63, 3.8) is 0 Å². The van der Waals surface area contributed by atoms with Gasteiger partial charge in [0.25, 0.3) is 24.9 Å². The van der Waals surface area contributed by atoms with E-state index in [0.29, 0.717) is 0 Å². The topological polar surface area (TPSA) is 554 Å². The first kappa shape index (κ1) is 58.0. The molecule has 3 saturated heterocycles. The standard InChI is InChI=1S/C33H45N15O24P4.CH4/c1-45-10-48(26-16(45)28(53)44-33(36)42-26)30-19(51)20(62-2)12(68-30)5-65-74(56,57)71-76(60,61)72-75(58,59)66-6-13-21(22(63-3)31(69-13)46-8-39-14-23(34)37-7-38-24(14)46)70-73(54,55)64-4-11-17(49)18(50)29(67-11)47-9-40-15-25(47)41-32(35)43-27(15)52;/h7-13,17-22,29-31,49-51H,4-6H2,1-3H3,(H11-,34,35,36,37,38,41,42,43,44,52,53,54,55,56,57,58,59,60,61);1H4/t11-,12-,13-,17?,18+,19+,20?,21?,22+,29-,30-,31-;/m1./s1. The van der Waals surface area contributed by atoms with Crippen molar-refractivity contribution in [1.29, 1.82) is 0 Å². The van der Waals surface area contributed by atoms with Crippen molar-refractivity contribution in [2.24, 2.45) is 7.05 Å². The summed E-state index contributed by atoms with van der Waals surface area (Å²) in [5, 5.41) is 32.8. The molecular weight excluding hydrogens is 1130 g/mol. The van der Waals surface area contributed by atoms with Gasteiger partial charge in [-0.15, -0.1) is 0 Å². The monoisotopic (exact) mass is 1180 g/mol. The molecule has 3 fully saturated rings. The second kappa shape index (κ2) is 21.8. The Bertz CT molecular complexity index is 3490. The van der Waals surface area contributed by atoms with E-state index in [2.05, 4.69) is 48.5 Å². The highest BCUT2D eigenvalue weighted by molar-refractivity contribution is 7.66. The van der Waals surface area contributed by atoms with Crippen LogP contribution in [-0.4, -0.2) is 173 Å². The maximum absolute atomic E-state index is 13.6. The third kappa shape index (κ3) is 11.6. The number of aliphatic hydroxyl groups excluding tert-OH is 3. The summed E-state index contributed by atoms with van der Waals surface area (Å²) in [4.78, 5) is 98.5. The van der Waals surface area contributed by atoms with Crippen LogP contribution in [0.3, 0.4) is 0 Å². The van der Waals surface area contributed by atoms with Gasteiger partial charge in [-0.3, -0.25) is 46.9 Å². The van der Waals surface area contributed by atoms with Crippen LogP contribution in [0.25, 0.3) is 33.5 Å². The molecule has 0 spiro atoms. The molecule has 16 atom stereocenters. The zero-order valence-electron chi connectivity index (χ0n) is 38.9. The van der Waals surface area contributed by atoms with Crippen LogP contribution in [0, 0.1) is 0 Å². The third-order valence-electron chi connectivity index (χ3n) is 11.8. The molecule has 0 radical (unpaired) electrons. The van der Waals surface area contributed by atoms with E-state index in [9.17, 15) is 62.7 Å². The molecule has 0 bridgehead atoms. The SMILES string of the molecule is C.COC1[C@@H](COP(=O)(O)OP(=O)(O)OP(=O)(O)OC[C@H]2O[C@@H](n3cnc4c(N)ncnc43)[C@@H](OC)C2OP(=O)([O-])OC[C@H]2O[C@@H](n3cnc4c(=O)[nH]c(N)nc43)[C@@H](O)C2O)O[C@@H]([n+]2cn(C)c3c(=O)[nH]c(N)nc32)[C@H]1O. The minimum Gasteiger partial charge on any atom is -0.756 e. The molecule has 3 aliphatic heterocycles. The molecule has 43 heteroatoms. The lowest BCUT2D eigenvalue weighted by Gasteiger charge is -2.31. The normalized spacial score (nSPS) is 29.8. The molecule has 424 valence electrons. The van der Waals surface area contributed by atoms with E-state index in [0.717, 1.165) is 37.8 Å². The van der Waals surface area contributed by atoms with Crippen molar-refractivity contribution in [1.82, 2.24) is 53.6 Å². The number of aromatic amines is 2. The number of anilines is 3. The first-order valence-electron chi connectivity index (χ1n) is 21.5. The average molecular weight is 1180 g/mol. The van der Waals surface area contributed by atoms with Crippen LogP contribution in [0.4, 0.5) is 17.7 Å². The summed E-state index contributed by atoms with van der Waals surface area (Å²) in [6.07, 6.45) is -14.8. The molecule has 0 aromatic carbocycles. The van der Waals surface area contributed by atoms with E-state index in [1.165, 1.54) is 27.1 Å². The maximum Gasteiger partial charge on any atom is 0.490 e. The Kier molecular flexibility index (Phi) is 16.4. The number of phosphoric ester groups is 3. The van der Waals surface area contributed by atoms with Crippen molar-refractivity contribution in [2.75, 3.05) is 51.2 Å². The number of rotatable bonds is 20. The molecular formula is C34H49N15O24P4. The van der Waals surface area contributed by atoms with Gasteiger partial charge in [-0.2, -0.15) is 13.6 Å². The highest BCUT2D eigenvalue weighted by Crippen LogP contribution is 2.68. The number of imidazole rings is 3. The predicted octanol–water partition coefficient (Wildman–Crippen LogP) is -4.05. The Morgan fingerprint density at radius 1 is 0.701 bits per heavy atom. The van der Waals surface area contributed by atoms with Gasteiger partial charge in [0.2, 0.25) is 17.7 Å². The zero-order valence-corrected chi connectivity index (χ0v) is 42.5. The summed E-state index contributed by atoms with van der Waals surface area (Å²) >= 11 is 0. The molecule has 39 nitrogen and oxygen atoms in total.